The Balaban J connectivity index is 2.65. The fraction of sp³-hybridized carbons (Fsp3) is 0. The third-order valence-corrected chi connectivity index (χ3v) is 1.00. The quantitative estimate of drug-likeness (QED) is 0.398. The Morgan fingerprint density at radius 3 is 1.60 bits per heavy atom. The predicted molar refractivity (Wildman–Crippen MR) is 16.8 cm³/mol. The van der Waals surface area contributed by atoms with Crippen LogP contribution in [-0.2, 0) is 13.0 Å². The highest BCUT2D eigenvalue weighted by atomic mass is 28.3. The minimum absolute atomic E-state index is 1.24. The minimum Gasteiger partial charge on any atom is -0.529 e. The van der Waals surface area contributed by atoms with Crippen molar-refractivity contribution >= 4 is 19.3 Å². The maximum atomic E-state index is 9.21. The van der Waals surface area contributed by atoms with Gasteiger partial charge >= 0.3 is 19.3 Å². The fourth-order valence-corrected chi connectivity index (χ4v) is 0.204. The van der Waals surface area contributed by atoms with Gasteiger partial charge in [0.05, 0.1) is 0 Å². The lowest BCUT2D eigenvalue weighted by Gasteiger charge is -1.66. The van der Waals surface area contributed by atoms with Crippen LogP contribution in [0.15, 0.2) is 0 Å². The molecule has 0 atom stereocenters. The molecule has 0 saturated heterocycles. The Morgan fingerprint density at radius 1 is 1.20 bits per heavy atom. The Kier molecular flexibility index (Phi) is 3.71. The zero-order valence-corrected chi connectivity index (χ0v) is 4.69. The molecule has 5 heteroatoms. The lowest BCUT2D eigenvalue weighted by molar-refractivity contribution is 0.454. The first kappa shape index (κ1) is 4.83. The molecule has 5 heavy (non-hydrogen) atoms. The Morgan fingerprint density at radius 2 is 1.60 bits per heavy atom. The molecule has 28 valence electrons. The van der Waals surface area contributed by atoms with Gasteiger partial charge in [0.2, 0.25) is 0 Å². The second-order valence-electron chi connectivity index (χ2n) is 0.329. The maximum Gasteiger partial charge on any atom is 0.479 e. The van der Waals surface area contributed by atoms with E-state index in [1.165, 1.54) is 0 Å². The van der Waals surface area contributed by atoms with E-state index in [-0.39, 0.29) is 0 Å². The van der Waals surface area contributed by atoms with E-state index in [1.54, 1.807) is 0 Å². The molecule has 0 aliphatic heterocycles. The molecule has 0 fully saturated rings. The molecule has 0 rings (SSSR count). The summed E-state index contributed by atoms with van der Waals surface area (Å²) in [6.45, 7) is 0. The van der Waals surface area contributed by atoms with Crippen LogP contribution >= 0.6 is 0 Å². The first-order valence-electron chi connectivity index (χ1n) is 0.943. The van der Waals surface area contributed by atoms with Crippen molar-refractivity contribution in [3.8, 4) is 0 Å². The van der Waals surface area contributed by atoms with Gasteiger partial charge in [-0.1, -0.05) is 0 Å². The number of hydrogen-bond donors (Lipinski definition) is 0. The summed E-state index contributed by atoms with van der Waals surface area (Å²) < 4.78 is 22.3. The topological polar surface area (TPSA) is 43.4 Å². The van der Waals surface area contributed by atoms with Gasteiger partial charge in [-0.15, -0.1) is 0 Å². The molecular formula is H2O3Si2. The van der Waals surface area contributed by atoms with Crippen LogP contribution < -0.4 is 0 Å². The molecule has 3 nitrogen and oxygen atoms in total. The maximum absolute atomic E-state index is 9.21. The molecule has 0 N–H and O–H groups in total. The van der Waals surface area contributed by atoms with Gasteiger partial charge in [0.1, 0.15) is 0 Å². The summed E-state index contributed by atoms with van der Waals surface area (Å²) in [5.41, 5.74) is 0. The van der Waals surface area contributed by atoms with Gasteiger partial charge in [-0.2, -0.15) is 0 Å². The second kappa shape index (κ2) is 3.83. The molecule has 0 heterocycles. The molecular weight excluding hydrogens is 104 g/mol. The smallest absolute Gasteiger partial charge is 0.479 e. The molecule has 0 bridgehead atoms. The summed E-state index contributed by atoms with van der Waals surface area (Å²) in [7, 11) is -2.48. The molecule has 0 amide bonds. The highest BCUT2D eigenvalue weighted by Gasteiger charge is 1.65. The van der Waals surface area contributed by atoms with Crippen molar-refractivity contribution in [1.82, 2.24) is 0 Å². The SMILES string of the molecule is O=[SiH]O[SiH]=O. The number of hydrogen-bond acceptors (Lipinski definition) is 3. The van der Waals surface area contributed by atoms with E-state index in [4.69, 9.17) is 0 Å². The molecule has 0 aliphatic rings. The predicted octanol–water partition coefficient (Wildman–Crippen LogP) is -1.60. The van der Waals surface area contributed by atoms with Gasteiger partial charge in [-0.05, 0) is 0 Å². The van der Waals surface area contributed by atoms with Crippen LogP contribution in [0.5, 0.6) is 0 Å². The third kappa shape index (κ3) is 3.83. The van der Waals surface area contributed by atoms with Gasteiger partial charge in [0.25, 0.3) is 0 Å². The Labute approximate surface area is 33.3 Å². The lowest BCUT2D eigenvalue weighted by atomic mass is 15.8. The van der Waals surface area contributed by atoms with Crippen molar-refractivity contribution < 1.29 is 13.0 Å². The summed E-state index contributed by atoms with van der Waals surface area (Å²) in [4.78, 5) is 0. The van der Waals surface area contributed by atoms with E-state index < -0.39 is 19.3 Å². The average molecular weight is 106 g/mol. The second-order valence-corrected chi connectivity index (χ2v) is 1.80. The fourth-order valence-electron chi connectivity index (χ4n) is 0.0227. The third-order valence-electron chi connectivity index (χ3n) is 0.111. The standard InChI is InChI=1S/H2O3Si2/c1-4-3-5-2/h4-5H. The summed E-state index contributed by atoms with van der Waals surface area (Å²) in [5.74, 6) is 0. The van der Waals surface area contributed by atoms with E-state index in [0.29, 0.717) is 0 Å². The van der Waals surface area contributed by atoms with Gasteiger partial charge in [0.15, 0.2) is 0 Å². The van der Waals surface area contributed by atoms with Gasteiger partial charge in [-0.25, -0.2) is 0 Å². The molecule has 0 unspecified atom stereocenters. The van der Waals surface area contributed by atoms with Gasteiger partial charge in [0, 0.05) is 0 Å². The first-order chi connectivity index (χ1) is 2.41. The molecule has 0 saturated carbocycles. The van der Waals surface area contributed by atoms with Crippen LogP contribution in [0.3, 0.4) is 0 Å². The average Bonchev–Trinajstić information content (AvgIpc) is 1.41. The van der Waals surface area contributed by atoms with Crippen LogP contribution in [0, 0.1) is 0 Å². The van der Waals surface area contributed by atoms with Gasteiger partial charge in [-0.3, -0.25) is 0 Å². The van der Waals surface area contributed by atoms with E-state index in [1.807, 2.05) is 0 Å². The largest absolute Gasteiger partial charge is 0.529 e. The van der Waals surface area contributed by atoms with Crippen LogP contribution in [0.4, 0.5) is 0 Å². The summed E-state index contributed by atoms with van der Waals surface area (Å²) in [6, 6.07) is 0. The van der Waals surface area contributed by atoms with E-state index >= 15 is 0 Å². The van der Waals surface area contributed by atoms with E-state index in [0.717, 1.165) is 0 Å². The Bertz CT molecular complexity index is 34.2. The molecule has 0 aromatic carbocycles. The summed E-state index contributed by atoms with van der Waals surface area (Å²) >= 11 is 0. The molecule has 0 aromatic rings. The monoisotopic (exact) mass is 106 g/mol. The van der Waals surface area contributed by atoms with Crippen molar-refractivity contribution in [1.29, 1.82) is 0 Å². The highest BCUT2D eigenvalue weighted by molar-refractivity contribution is 6.23. The van der Waals surface area contributed by atoms with Crippen molar-refractivity contribution in [3.63, 3.8) is 0 Å². The van der Waals surface area contributed by atoms with Crippen LogP contribution in [0.1, 0.15) is 0 Å². The van der Waals surface area contributed by atoms with Crippen molar-refractivity contribution in [3.05, 3.63) is 0 Å². The molecule has 0 spiro atoms. The first-order valence-corrected chi connectivity index (χ1v) is 2.83. The normalized spacial score (nSPS) is 5.60. The lowest BCUT2D eigenvalue weighted by Crippen LogP contribution is -1.82. The van der Waals surface area contributed by atoms with Crippen molar-refractivity contribution in [2.24, 2.45) is 0 Å². The zero-order valence-electron chi connectivity index (χ0n) is 2.38. The van der Waals surface area contributed by atoms with Crippen LogP contribution in [-0.4, -0.2) is 19.3 Å². The highest BCUT2D eigenvalue weighted by Crippen LogP contribution is 1.36. The van der Waals surface area contributed by atoms with Crippen LogP contribution in [0.2, 0.25) is 0 Å². The molecule has 0 aliphatic carbocycles. The molecule has 0 aromatic heterocycles. The van der Waals surface area contributed by atoms with Crippen LogP contribution in [0.25, 0.3) is 0 Å². The number of rotatable bonds is 2. The van der Waals surface area contributed by atoms with Crippen molar-refractivity contribution in [2.45, 2.75) is 0 Å². The van der Waals surface area contributed by atoms with E-state index in [2.05, 4.69) is 4.12 Å². The summed E-state index contributed by atoms with van der Waals surface area (Å²) in [5, 5.41) is 0. The van der Waals surface area contributed by atoms with E-state index in [9.17, 15) is 8.92 Å². The van der Waals surface area contributed by atoms with Gasteiger partial charge < -0.3 is 13.0 Å². The minimum atomic E-state index is -1.24. The Hall–Kier alpha value is -0.166. The van der Waals surface area contributed by atoms with Crippen molar-refractivity contribution in [2.75, 3.05) is 0 Å². The zero-order chi connectivity index (χ0) is 4.12. The molecule has 0 radical (unpaired) electrons. The summed E-state index contributed by atoms with van der Waals surface area (Å²) in [6.07, 6.45) is 0.